The largest absolute Gasteiger partial charge is 0.466 e. The number of carbonyl (C=O) groups excluding carboxylic acids is 3. The highest BCUT2D eigenvalue weighted by molar-refractivity contribution is 5.98. The van der Waals surface area contributed by atoms with Gasteiger partial charge in [-0.15, -0.1) is 0 Å². The molecule has 2 aromatic carbocycles. The average Bonchev–Trinajstić information content (AvgIpc) is 2.75. The van der Waals surface area contributed by atoms with Gasteiger partial charge in [-0.25, -0.2) is 0 Å². The fraction of sp³-hybridized carbons (Fsp3) is 0.375. The molecule has 2 aromatic rings. The van der Waals surface area contributed by atoms with Crippen molar-refractivity contribution in [3.05, 3.63) is 65.7 Å². The van der Waals surface area contributed by atoms with Gasteiger partial charge in [0.15, 0.2) is 5.78 Å². The lowest BCUT2D eigenvalue weighted by atomic mass is 9.94. The van der Waals surface area contributed by atoms with Crippen LogP contribution in [0.2, 0.25) is 0 Å². The van der Waals surface area contributed by atoms with E-state index in [1.807, 2.05) is 35.2 Å². The second-order valence-corrected chi connectivity index (χ2v) is 7.53. The number of nitrogens with zero attached hydrogens (tertiary/aromatic N) is 1. The first-order chi connectivity index (χ1) is 14.5. The number of nitrogens with one attached hydrogen (secondary N) is 1. The van der Waals surface area contributed by atoms with Gasteiger partial charge < -0.3 is 10.1 Å². The molecule has 1 heterocycles. The van der Waals surface area contributed by atoms with E-state index in [1.54, 1.807) is 31.2 Å². The molecule has 3 rings (SSSR count). The molecule has 158 valence electrons. The highest BCUT2D eigenvalue weighted by Gasteiger charge is 2.34. The van der Waals surface area contributed by atoms with Crippen LogP contribution in [0, 0.1) is 5.92 Å². The molecular formula is C24H28N2O4. The number of rotatable bonds is 7. The number of esters is 1. The van der Waals surface area contributed by atoms with Crippen LogP contribution in [-0.4, -0.2) is 42.3 Å². The number of likely N-dealkylation sites (tertiary alicyclic amines) is 1. The number of benzene rings is 2. The van der Waals surface area contributed by atoms with Crippen molar-refractivity contribution in [2.75, 3.05) is 25.0 Å². The zero-order chi connectivity index (χ0) is 21.5. The van der Waals surface area contributed by atoms with Gasteiger partial charge in [0.1, 0.15) is 6.04 Å². The second-order valence-electron chi connectivity index (χ2n) is 7.53. The Hall–Kier alpha value is -2.99. The lowest BCUT2D eigenvalue weighted by molar-refractivity contribution is -0.151. The van der Waals surface area contributed by atoms with Crippen molar-refractivity contribution in [2.45, 2.75) is 32.7 Å². The Bertz CT molecular complexity index is 897. The molecule has 0 saturated carbocycles. The molecule has 0 aromatic heterocycles. The van der Waals surface area contributed by atoms with Crippen LogP contribution in [0.3, 0.4) is 0 Å². The van der Waals surface area contributed by atoms with E-state index < -0.39 is 6.04 Å². The summed E-state index contributed by atoms with van der Waals surface area (Å²) in [5.74, 6) is -0.687. The molecule has 30 heavy (non-hydrogen) atoms. The minimum atomic E-state index is -0.538. The lowest BCUT2D eigenvalue weighted by Gasteiger charge is -2.36. The van der Waals surface area contributed by atoms with Crippen LogP contribution in [0.15, 0.2) is 54.6 Å². The Morgan fingerprint density at radius 3 is 2.60 bits per heavy atom. The van der Waals surface area contributed by atoms with Crippen molar-refractivity contribution in [2.24, 2.45) is 5.92 Å². The van der Waals surface area contributed by atoms with E-state index in [1.165, 1.54) is 6.92 Å². The summed E-state index contributed by atoms with van der Waals surface area (Å²) in [7, 11) is 0. The number of hydrogen-bond acceptors (Lipinski definition) is 5. The van der Waals surface area contributed by atoms with Crippen LogP contribution >= 0.6 is 0 Å². The van der Waals surface area contributed by atoms with Crippen LogP contribution in [0.5, 0.6) is 0 Å². The molecule has 0 aliphatic carbocycles. The lowest BCUT2D eigenvalue weighted by Crippen LogP contribution is -2.45. The van der Waals surface area contributed by atoms with E-state index in [0.717, 1.165) is 24.9 Å². The number of ether oxygens (including phenoxy) is 1. The van der Waals surface area contributed by atoms with Gasteiger partial charge in [0.25, 0.3) is 0 Å². The molecule has 1 amide bonds. The molecule has 1 fully saturated rings. The highest BCUT2D eigenvalue weighted by Crippen LogP contribution is 2.29. The zero-order valence-electron chi connectivity index (χ0n) is 17.5. The van der Waals surface area contributed by atoms with Crippen molar-refractivity contribution in [1.82, 2.24) is 4.90 Å². The van der Waals surface area contributed by atoms with E-state index in [9.17, 15) is 14.4 Å². The molecule has 6 nitrogen and oxygen atoms in total. The van der Waals surface area contributed by atoms with Gasteiger partial charge in [0.05, 0.1) is 12.5 Å². The smallest absolute Gasteiger partial charge is 0.310 e. The number of hydrogen-bond donors (Lipinski definition) is 1. The number of ketones is 1. The first-order valence-electron chi connectivity index (χ1n) is 10.4. The Balaban J connectivity index is 1.84. The predicted molar refractivity (Wildman–Crippen MR) is 115 cm³/mol. The average molecular weight is 408 g/mol. The van der Waals surface area contributed by atoms with Crippen molar-refractivity contribution in [3.8, 4) is 0 Å². The van der Waals surface area contributed by atoms with E-state index in [2.05, 4.69) is 5.32 Å². The summed E-state index contributed by atoms with van der Waals surface area (Å²) in [6.45, 7) is 4.84. The normalized spacial score (nSPS) is 17.7. The first kappa shape index (κ1) is 21.7. The topological polar surface area (TPSA) is 75.7 Å². The van der Waals surface area contributed by atoms with Crippen molar-refractivity contribution < 1.29 is 19.1 Å². The molecule has 2 unspecified atom stereocenters. The minimum Gasteiger partial charge on any atom is -0.466 e. The molecule has 6 heteroatoms. The van der Waals surface area contributed by atoms with Gasteiger partial charge in [-0.2, -0.15) is 0 Å². The highest BCUT2D eigenvalue weighted by atomic mass is 16.5. The summed E-state index contributed by atoms with van der Waals surface area (Å²) >= 11 is 0. The Morgan fingerprint density at radius 2 is 1.90 bits per heavy atom. The van der Waals surface area contributed by atoms with E-state index in [4.69, 9.17) is 4.74 Å². The Morgan fingerprint density at radius 1 is 1.13 bits per heavy atom. The van der Waals surface area contributed by atoms with Gasteiger partial charge in [0.2, 0.25) is 5.91 Å². The third kappa shape index (κ3) is 5.33. The number of amides is 1. The SMILES string of the molecule is CCOC(=O)C1CCCN(C(C(=O)Nc2cccc(C(C)=O)c2)c2ccccc2)C1. The van der Waals surface area contributed by atoms with Crippen LogP contribution in [0.25, 0.3) is 0 Å². The third-order valence-electron chi connectivity index (χ3n) is 5.34. The fourth-order valence-corrected chi connectivity index (χ4v) is 3.88. The number of piperidine rings is 1. The van der Waals surface area contributed by atoms with Crippen molar-refractivity contribution >= 4 is 23.3 Å². The van der Waals surface area contributed by atoms with Gasteiger partial charge >= 0.3 is 5.97 Å². The van der Waals surface area contributed by atoms with Crippen molar-refractivity contribution in [1.29, 1.82) is 0 Å². The summed E-state index contributed by atoms with van der Waals surface area (Å²) in [4.78, 5) is 39.3. The maximum atomic E-state index is 13.3. The predicted octanol–water partition coefficient (Wildman–Crippen LogP) is 3.84. The van der Waals surface area contributed by atoms with Gasteiger partial charge in [-0.05, 0) is 50.9 Å². The molecule has 1 aliphatic heterocycles. The Kier molecular flexibility index (Phi) is 7.36. The molecule has 1 saturated heterocycles. The van der Waals surface area contributed by atoms with Crippen LogP contribution in [0.1, 0.15) is 48.7 Å². The summed E-state index contributed by atoms with van der Waals surface area (Å²) in [5.41, 5.74) is 1.99. The van der Waals surface area contributed by atoms with E-state index >= 15 is 0 Å². The molecule has 1 aliphatic rings. The summed E-state index contributed by atoms with van der Waals surface area (Å²) in [5, 5.41) is 2.95. The molecule has 0 spiro atoms. The molecule has 1 N–H and O–H groups in total. The maximum absolute atomic E-state index is 13.3. The summed E-state index contributed by atoms with van der Waals surface area (Å²) < 4.78 is 5.21. The van der Waals surface area contributed by atoms with Gasteiger partial charge in [0, 0.05) is 17.8 Å². The third-order valence-corrected chi connectivity index (χ3v) is 5.34. The number of anilines is 1. The zero-order valence-corrected chi connectivity index (χ0v) is 17.5. The van der Waals surface area contributed by atoms with Crippen LogP contribution in [-0.2, 0) is 14.3 Å². The quantitative estimate of drug-likeness (QED) is 0.556. The Labute approximate surface area is 177 Å². The molecule has 0 bridgehead atoms. The van der Waals surface area contributed by atoms with E-state index in [0.29, 0.717) is 24.4 Å². The number of Topliss-reactive ketones (excluding diaryl/α,β-unsaturated/α-hetero) is 1. The first-order valence-corrected chi connectivity index (χ1v) is 10.4. The maximum Gasteiger partial charge on any atom is 0.310 e. The van der Waals surface area contributed by atoms with Crippen LogP contribution in [0.4, 0.5) is 5.69 Å². The number of carbonyl (C=O) groups is 3. The fourth-order valence-electron chi connectivity index (χ4n) is 3.88. The molecule has 0 radical (unpaired) electrons. The molecule has 2 atom stereocenters. The summed E-state index contributed by atoms with van der Waals surface area (Å²) in [6.07, 6.45) is 1.58. The van der Waals surface area contributed by atoms with Gasteiger partial charge in [-0.1, -0.05) is 42.5 Å². The van der Waals surface area contributed by atoms with Crippen molar-refractivity contribution in [3.63, 3.8) is 0 Å². The van der Waals surface area contributed by atoms with E-state index in [-0.39, 0.29) is 23.6 Å². The monoisotopic (exact) mass is 408 g/mol. The van der Waals surface area contributed by atoms with Crippen LogP contribution < -0.4 is 5.32 Å². The minimum absolute atomic E-state index is 0.0565. The standard InChI is InChI=1S/C24H28N2O4/c1-3-30-24(29)20-12-8-14-26(16-20)22(18-9-5-4-6-10-18)23(28)25-21-13-7-11-19(15-21)17(2)27/h4-7,9-11,13,15,20,22H,3,8,12,14,16H2,1-2H3,(H,25,28). The summed E-state index contributed by atoms with van der Waals surface area (Å²) in [6, 6.07) is 15.9. The van der Waals surface area contributed by atoms with Gasteiger partial charge in [-0.3, -0.25) is 19.3 Å². The molecular weight excluding hydrogens is 380 g/mol. The second kappa shape index (κ2) is 10.2.